The first-order chi connectivity index (χ1) is 25.6. The van der Waals surface area contributed by atoms with Crippen LogP contribution in [0, 0.1) is 24.7 Å². The highest BCUT2D eigenvalue weighted by Gasteiger charge is 2.48. The molecule has 0 saturated carbocycles. The zero-order chi connectivity index (χ0) is 37.6. The molecule has 2 fully saturated rings. The molecule has 0 radical (unpaired) electrons. The van der Waals surface area contributed by atoms with E-state index in [0.717, 1.165) is 28.5 Å². The second-order valence-electron chi connectivity index (χ2n) is 14.6. The molecule has 53 heavy (non-hydrogen) atoms. The Morgan fingerprint density at radius 3 is 2.43 bits per heavy atom. The Bertz CT molecular complexity index is 1940. The second kappa shape index (κ2) is 16.6. The van der Waals surface area contributed by atoms with E-state index in [2.05, 4.69) is 27.8 Å². The zero-order valence-corrected chi connectivity index (χ0v) is 31.3. The number of hydrogen-bond donors (Lipinski definition) is 3. The van der Waals surface area contributed by atoms with Crippen LogP contribution in [0.25, 0.3) is 10.9 Å². The normalized spacial score (nSPS) is 18.8. The molecule has 3 aromatic carbocycles. The van der Waals surface area contributed by atoms with E-state index in [4.69, 9.17) is 9.47 Å². The Balaban J connectivity index is 1.23. The molecule has 2 aliphatic rings. The van der Waals surface area contributed by atoms with Crippen molar-refractivity contribution >= 4 is 34.5 Å². The van der Waals surface area contributed by atoms with E-state index in [0.29, 0.717) is 49.5 Å². The van der Waals surface area contributed by atoms with Gasteiger partial charge in [-0.2, -0.15) is 0 Å². The predicted molar refractivity (Wildman–Crippen MR) is 204 cm³/mol. The van der Waals surface area contributed by atoms with Crippen molar-refractivity contribution in [1.82, 2.24) is 25.4 Å². The number of carbonyl (C=O) groups excluding carboxylic acids is 4. The number of piperidine rings is 1. The number of nitrogens with zero attached hydrogens (tertiary/aromatic N) is 2. The van der Waals surface area contributed by atoms with E-state index in [9.17, 15) is 19.2 Å². The van der Waals surface area contributed by atoms with E-state index in [1.54, 1.807) is 42.2 Å². The summed E-state index contributed by atoms with van der Waals surface area (Å²) < 4.78 is 11.4. The molecule has 2 saturated heterocycles. The highest BCUT2D eigenvalue weighted by molar-refractivity contribution is 5.96. The third-order valence-electron chi connectivity index (χ3n) is 10.6. The molecular formula is C42H51N5O6. The van der Waals surface area contributed by atoms with Crippen LogP contribution in [0.5, 0.6) is 11.5 Å². The highest BCUT2D eigenvalue weighted by atomic mass is 16.5. The quantitative estimate of drug-likeness (QED) is 0.180. The first kappa shape index (κ1) is 37.4. The SMILES string of the molecule is CNC(=O)[C@H](CCCc1ccccc1)NC(=O)C1CN(C(=O)Cc2c[nH]c3cccc(C)c23)CC2CN(C(=O)c3ccc(OC(C)C)c(OC)c3)CC21. The average Bonchev–Trinajstić information content (AvgIpc) is 3.78. The van der Waals surface area contributed by atoms with Gasteiger partial charge >= 0.3 is 0 Å². The maximum atomic E-state index is 14.3. The van der Waals surface area contributed by atoms with Crippen LogP contribution in [0.2, 0.25) is 0 Å². The van der Waals surface area contributed by atoms with Crippen molar-refractivity contribution in [3.8, 4) is 11.5 Å². The van der Waals surface area contributed by atoms with E-state index < -0.39 is 12.0 Å². The van der Waals surface area contributed by atoms with E-state index in [1.807, 2.05) is 63.4 Å². The smallest absolute Gasteiger partial charge is 0.254 e. The number of fused-ring (bicyclic) bond motifs is 2. The highest BCUT2D eigenvalue weighted by Crippen LogP contribution is 2.38. The van der Waals surface area contributed by atoms with Crippen molar-refractivity contribution in [3.05, 3.63) is 95.2 Å². The van der Waals surface area contributed by atoms with Gasteiger partial charge < -0.3 is 34.9 Å². The third-order valence-corrected chi connectivity index (χ3v) is 10.6. The molecule has 0 spiro atoms. The number of H-pyrrole nitrogens is 1. The lowest BCUT2D eigenvalue weighted by molar-refractivity contribution is -0.140. The number of aromatic amines is 1. The summed E-state index contributed by atoms with van der Waals surface area (Å²) >= 11 is 0. The molecule has 0 aliphatic carbocycles. The first-order valence-corrected chi connectivity index (χ1v) is 18.6. The van der Waals surface area contributed by atoms with Gasteiger partial charge in [-0.1, -0.05) is 42.5 Å². The van der Waals surface area contributed by atoms with E-state index >= 15 is 0 Å². The largest absolute Gasteiger partial charge is 0.493 e. The van der Waals surface area contributed by atoms with Crippen LogP contribution in [-0.2, 0) is 27.2 Å². The number of benzene rings is 3. The van der Waals surface area contributed by atoms with Crippen molar-refractivity contribution in [2.24, 2.45) is 17.8 Å². The maximum absolute atomic E-state index is 14.3. The minimum atomic E-state index is -0.729. The topological polar surface area (TPSA) is 133 Å². The van der Waals surface area contributed by atoms with Crippen molar-refractivity contribution in [2.75, 3.05) is 40.3 Å². The van der Waals surface area contributed by atoms with Crippen LogP contribution >= 0.6 is 0 Å². The molecule has 3 unspecified atom stereocenters. The lowest BCUT2D eigenvalue weighted by Gasteiger charge is -2.40. The van der Waals surface area contributed by atoms with E-state index in [1.165, 1.54) is 5.56 Å². The lowest BCUT2D eigenvalue weighted by atomic mass is 9.79. The molecule has 4 atom stereocenters. The maximum Gasteiger partial charge on any atom is 0.254 e. The average molecular weight is 722 g/mol. The summed E-state index contributed by atoms with van der Waals surface area (Å²) in [6.07, 6.45) is 3.96. The molecule has 11 heteroatoms. The van der Waals surface area contributed by atoms with Gasteiger partial charge in [0.15, 0.2) is 11.5 Å². The summed E-state index contributed by atoms with van der Waals surface area (Å²) in [6, 6.07) is 20.5. The van der Waals surface area contributed by atoms with Gasteiger partial charge in [-0.05, 0) is 92.8 Å². The number of aryl methyl sites for hydroxylation is 2. The van der Waals surface area contributed by atoms with Gasteiger partial charge in [-0.3, -0.25) is 19.2 Å². The number of nitrogens with one attached hydrogen (secondary N) is 3. The number of hydrogen-bond acceptors (Lipinski definition) is 6. The molecule has 2 aliphatic heterocycles. The molecular weight excluding hydrogens is 670 g/mol. The number of likely N-dealkylation sites (tertiary alicyclic amines) is 2. The van der Waals surface area contributed by atoms with Crippen molar-refractivity contribution in [3.63, 3.8) is 0 Å². The Morgan fingerprint density at radius 1 is 0.925 bits per heavy atom. The van der Waals surface area contributed by atoms with Crippen molar-refractivity contribution in [1.29, 1.82) is 0 Å². The molecule has 11 nitrogen and oxygen atoms in total. The number of carbonyl (C=O) groups is 4. The first-order valence-electron chi connectivity index (χ1n) is 18.6. The predicted octanol–water partition coefficient (Wildman–Crippen LogP) is 4.92. The standard InChI is InChI=1S/C42H51N5O6/c1-26(2)53-36-18-17-29(19-37(36)52-5)42(51)47-23-31-22-46(38(48)20-30-21-44-34-15-9-11-27(3)39(30)34)25-33(32(31)24-47)40(49)45-35(41(50)43-4)16-10-14-28-12-7-6-8-13-28/h6-9,11-13,15,17-19,21,26,31-33,35,44H,10,14,16,20,22-25H2,1-5H3,(H,43,50)(H,45,49)/t31?,32?,33?,35-/m0/s1. The van der Waals surface area contributed by atoms with Crippen LogP contribution in [0.15, 0.2) is 72.9 Å². The number of aromatic nitrogens is 1. The summed E-state index contributed by atoms with van der Waals surface area (Å²) in [6.45, 7) is 7.27. The Hall–Kier alpha value is -5.32. The van der Waals surface area contributed by atoms with Gasteiger partial charge in [0.05, 0.1) is 25.6 Å². The number of likely N-dealkylation sites (N-methyl/N-ethyl adjacent to an activating group) is 1. The van der Waals surface area contributed by atoms with Crippen LogP contribution in [0.4, 0.5) is 0 Å². The fourth-order valence-electron chi connectivity index (χ4n) is 8.00. The minimum absolute atomic E-state index is 0.0623. The van der Waals surface area contributed by atoms with Crippen LogP contribution in [0.1, 0.15) is 53.7 Å². The van der Waals surface area contributed by atoms with E-state index in [-0.39, 0.29) is 54.5 Å². The van der Waals surface area contributed by atoms with Gasteiger partial charge in [0.2, 0.25) is 17.7 Å². The summed E-state index contributed by atoms with van der Waals surface area (Å²) in [7, 11) is 3.11. The molecule has 1 aromatic heterocycles. The fraction of sp³-hybridized carbons (Fsp3) is 0.429. The second-order valence-corrected chi connectivity index (χ2v) is 14.6. The van der Waals surface area contributed by atoms with Gasteiger partial charge in [0, 0.05) is 55.9 Å². The molecule has 0 bridgehead atoms. The summed E-state index contributed by atoms with van der Waals surface area (Å²) in [5, 5.41) is 6.80. The lowest BCUT2D eigenvalue weighted by Crippen LogP contribution is -2.56. The molecule has 3 N–H and O–H groups in total. The molecule has 4 amide bonds. The van der Waals surface area contributed by atoms with Gasteiger partial charge in [0.1, 0.15) is 6.04 Å². The Kier molecular flexibility index (Phi) is 11.7. The Labute approximate surface area is 311 Å². The summed E-state index contributed by atoms with van der Waals surface area (Å²) in [5.41, 5.74) is 4.59. The Morgan fingerprint density at radius 2 is 1.70 bits per heavy atom. The van der Waals surface area contributed by atoms with Crippen molar-refractivity contribution < 1.29 is 28.7 Å². The third kappa shape index (κ3) is 8.50. The summed E-state index contributed by atoms with van der Waals surface area (Å²) in [4.78, 5) is 62.2. The minimum Gasteiger partial charge on any atom is -0.493 e. The van der Waals surface area contributed by atoms with Crippen LogP contribution in [0.3, 0.4) is 0 Å². The van der Waals surface area contributed by atoms with Crippen LogP contribution in [-0.4, -0.2) is 90.9 Å². The molecule has 280 valence electrons. The number of rotatable bonds is 13. The molecule has 3 heterocycles. The molecule has 4 aromatic rings. The summed E-state index contributed by atoms with van der Waals surface area (Å²) in [5.74, 6) is -0.704. The van der Waals surface area contributed by atoms with Gasteiger partial charge in [-0.15, -0.1) is 0 Å². The number of ether oxygens (including phenoxy) is 2. The zero-order valence-electron chi connectivity index (χ0n) is 31.3. The van der Waals surface area contributed by atoms with Crippen molar-refractivity contribution in [2.45, 2.75) is 58.6 Å². The molecule has 6 rings (SSSR count). The fourth-order valence-corrected chi connectivity index (χ4v) is 8.00. The number of amides is 4. The monoisotopic (exact) mass is 721 g/mol. The number of methoxy groups -OCH3 is 1. The van der Waals surface area contributed by atoms with Gasteiger partial charge in [0.25, 0.3) is 5.91 Å². The van der Waals surface area contributed by atoms with Gasteiger partial charge in [-0.25, -0.2) is 0 Å². The van der Waals surface area contributed by atoms with Crippen LogP contribution < -0.4 is 20.1 Å².